The number of aliphatic imine (C=N–C) groups is 1. The molecule has 0 N–H and O–H groups in total. The van der Waals surface area contributed by atoms with Crippen molar-refractivity contribution >= 4 is 28.6 Å². The zero-order valence-electron chi connectivity index (χ0n) is 5.07. The van der Waals surface area contributed by atoms with Crippen molar-refractivity contribution in [2.45, 2.75) is 4.21 Å². The van der Waals surface area contributed by atoms with E-state index in [1.807, 2.05) is 11.6 Å². The van der Waals surface area contributed by atoms with Gasteiger partial charge in [0, 0.05) is 7.05 Å². The molecular formula is C6H7NS2. The number of nitrogens with zero attached hydrogens (tertiary/aromatic N) is 1. The fourth-order valence-corrected chi connectivity index (χ4v) is 1.77. The predicted octanol–water partition coefficient (Wildman–Crippen LogP) is 2.50. The number of hydrogen-bond donors (Lipinski definition) is 0. The third-order valence-corrected chi connectivity index (χ3v) is 2.69. The molecular weight excluding hydrogens is 150 g/mol. The summed E-state index contributed by atoms with van der Waals surface area (Å²) in [6, 6.07) is 4.12. The number of hydrogen-bond acceptors (Lipinski definition) is 3. The van der Waals surface area contributed by atoms with Gasteiger partial charge in [-0.1, -0.05) is 17.8 Å². The van der Waals surface area contributed by atoms with E-state index < -0.39 is 0 Å². The van der Waals surface area contributed by atoms with Gasteiger partial charge in [0.2, 0.25) is 0 Å². The summed E-state index contributed by atoms with van der Waals surface area (Å²) in [6.45, 7) is 0. The molecule has 0 spiro atoms. The summed E-state index contributed by atoms with van der Waals surface area (Å²) >= 11 is 3.39. The highest BCUT2D eigenvalue weighted by atomic mass is 32.2. The van der Waals surface area contributed by atoms with Gasteiger partial charge in [-0.05, 0) is 11.4 Å². The molecule has 0 aliphatic rings. The zero-order valence-corrected chi connectivity index (χ0v) is 6.71. The second-order valence-electron chi connectivity index (χ2n) is 1.41. The van der Waals surface area contributed by atoms with E-state index in [9.17, 15) is 0 Å². The molecule has 1 aromatic rings. The summed E-state index contributed by atoms with van der Waals surface area (Å²) in [7, 11) is 1.78. The molecule has 0 radical (unpaired) electrons. The molecule has 48 valence electrons. The molecule has 0 aromatic carbocycles. The lowest BCUT2D eigenvalue weighted by atomic mass is 10.7. The first kappa shape index (κ1) is 6.83. The van der Waals surface area contributed by atoms with Crippen molar-refractivity contribution in [2.75, 3.05) is 7.05 Å². The van der Waals surface area contributed by atoms with Crippen LogP contribution in [0.1, 0.15) is 0 Å². The van der Waals surface area contributed by atoms with E-state index in [-0.39, 0.29) is 0 Å². The Kier molecular flexibility index (Phi) is 2.80. The van der Waals surface area contributed by atoms with Crippen molar-refractivity contribution in [1.29, 1.82) is 0 Å². The van der Waals surface area contributed by atoms with Gasteiger partial charge in [0.15, 0.2) is 0 Å². The maximum atomic E-state index is 3.86. The van der Waals surface area contributed by atoms with Gasteiger partial charge >= 0.3 is 0 Å². The van der Waals surface area contributed by atoms with Gasteiger partial charge in [0.1, 0.15) is 0 Å². The molecule has 0 fully saturated rings. The van der Waals surface area contributed by atoms with Crippen molar-refractivity contribution in [3.8, 4) is 0 Å². The van der Waals surface area contributed by atoms with Crippen LogP contribution in [0.4, 0.5) is 0 Å². The van der Waals surface area contributed by atoms with Crippen LogP contribution in [0, 0.1) is 0 Å². The van der Waals surface area contributed by atoms with Crippen molar-refractivity contribution < 1.29 is 0 Å². The van der Waals surface area contributed by atoms with Crippen LogP contribution in [0.3, 0.4) is 0 Å². The minimum absolute atomic E-state index is 1.29. The Labute approximate surface area is 62.8 Å². The molecule has 0 bridgehead atoms. The Bertz CT molecular complexity index is 179. The van der Waals surface area contributed by atoms with Gasteiger partial charge < -0.3 is 0 Å². The summed E-state index contributed by atoms with van der Waals surface area (Å²) < 4.78 is 1.29. The van der Waals surface area contributed by atoms with Gasteiger partial charge in [-0.3, -0.25) is 4.99 Å². The van der Waals surface area contributed by atoms with E-state index in [4.69, 9.17) is 0 Å². The maximum Gasteiger partial charge on any atom is 0.0655 e. The van der Waals surface area contributed by atoms with Gasteiger partial charge in [-0.25, -0.2) is 0 Å². The summed E-state index contributed by atoms with van der Waals surface area (Å²) in [6.07, 6.45) is 0. The van der Waals surface area contributed by atoms with E-state index in [1.54, 1.807) is 30.1 Å². The fourth-order valence-electron chi connectivity index (χ4n) is 0.435. The van der Waals surface area contributed by atoms with Crippen molar-refractivity contribution in [2.24, 2.45) is 4.99 Å². The highest BCUT2D eigenvalue weighted by Crippen LogP contribution is 2.20. The van der Waals surface area contributed by atoms with Crippen LogP contribution in [0.15, 0.2) is 26.7 Å². The summed E-state index contributed by atoms with van der Waals surface area (Å²) in [5.74, 6) is 0. The second-order valence-corrected chi connectivity index (χ2v) is 3.51. The summed E-state index contributed by atoms with van der Waals surface area (Å²) in [5.41, 5.74) is 1.84. The molecule has 0 aliphatic carbocycles. The number of rotatable bonds is 2. The van der Waals surface area contributed by atoms with E-state index in [0.29, 0.717) is 0 Å². The van der Waals surface area contributed by atoms with Crippen LogP contribution >= 0.6 is 23.1 Å². The Morgan fingerprint density at radius 1 is 1.78 bits per heavy atom. The SMILES string of the molecule is C/N=C/Sc1cccs1. The Morgan fingerprint density at radius 2 is 2.67 bits per heavy atom. The Balaban J connectivity index is 2.48. The van der Waals surface area contributed by atoms with Crippen molar-refractivity contribution in [1.82, 2.24) is 0 Å². The molecule has 0 unspecified atom stereocenters. The standard InChI is InChI=1S/C6H7NS2/c1-7-5-9-6-3-2-4-8-6/h2-5H,1H3/b7-5+. The lowest BCUT2D eigenvalue weighted by molar-refractivity contribution is 1.49. The van der Waals surface area contributed by atoms with Gasteiger partial charge in [0.25, 0.3) is 0 Å². The highest BCUT2D eigenvalue weighted by molar-refractivity contribution is 8.13. The molecule has 3 heteroatoms. The third kappa shape index (κ3) is 2.20. The minimum atomic E-state index is 1.29. The number of thiophene rings is 1. The van der Waals surface area contributed by atoms with Crippen LogP contribution in [0.25, 0.3) is 0 Å². The zero-order chi connectivity index (χ0) is 6.53. The molecule has 1 aromatic heterocycles. The fraction of sp³-hybridized carbons (Fsp3) is 0.167. The van der Waals surface area contributed by atoms with E-state index in [1.165, 1.54) is 4.21 Å². The molecule has 0 saturated carbocycles. The first-order chi connectivity index (χ1) is 4.43. The molecule has 0 saturated heterocycles. The van der Waals surface area contributed by atoms with Crippen LogP contribution in [0.5, 0.6) is 0 Å². The minimum Gasteiger partial charge on any atom is -0.289 e. The average molecular weight is 157 g/mol. The lowest BCUT2D eigenvalue weighted by Gasteiger charge is -1.82. The second kappa shape index (κ2) is 3.69. The molecule has 9 heavy (non-hydrogen) atoms. The van der Waals surface area contributed by atoms with Crippen LogP contribution in [-0.4, -0.2) is 12.6 Å². The molecule has 0 aliphatic heterocycles. The summed E-state index contributed by atoms with van der Waals surface area (Å²) in [4.78, 5) is 3.86. The van der Waals surface area contributed by atoms with Crippen LogP contribution in [-0.2, 0) is 0 Å². The largest absolute Gasteiger partial charge is 0.289 e. The molecule has 1 rings (SSSR count). The predicted molar refractivity (Wildman–Crippen MR) is 44.6 cm³/mol. The number of thioether (sulfide) groups is 1. The summed E-state index contributed by atoms with van der Waals surface area (Å²) in [5, 5.41) is 2.06. The normalized spacial score (nSPS) is 10.8. The lowest BCUT2D eigenvalue weighted by Crippen LogP contribution is -1.58. The van der Waals surface area contributed by atoms with Gasteiger partial charge in [-0.2, -0.15) is 0 Å². The highest BCUT2D eigenvalue weighted by Gasteiger charge is 1.87. The van der Waals surface area contributed by atoms with Crippen LogP contribution in [0.2, 0.25) is 0 Å². The van der Waals surface area contributed by atoms with Crippen molar-refractivity contribution in [3.05, 3.63) is 17.5 Å². The van der Waals surface area contributed by atoms with Gasteiger partial charge in [0.05, 0.1) is 9.76 Å². The van der Waals surface area contributed by atoms with E-state index in [0.717, 1.165) is 0 Å². The van der Waals surface area contributed by atoms with Gasteiger partial charge in [-0.15, -0.1) is 11.3 Å². The van der Waals surface area contributed by atoms with Crippen molar-refractivity contribution in [3.63, 3.8) is 0 Å². The molecule has 0 atom stereocenters. The average Bonchev–Trinajstić information content (AvgIpc) is 2.34. The quantitative estimate of drug-likeness (QED) is 0.365. The maximum absolute atomic E-state index is 3.86. The molecule has 1 nitrogen and oxygen atoms in total. The first-order valence-corrected chi connectivity index (χ1v) is 4.30. The topological polar surface area (TPSA) is 12.4 Å². The van der Waals surface area contributed by atoms with Crippen LogP contribution < -0.4 is 0 Å². The monoisotopic (exact) mass is 157 g/mol. The first-order valence-electron chi connectivity index (χ1n) is 2.54. The third-order valence-electron chi connectivity index (χ3n) is 0.769. The Hall–Kier alpha value is -0.280. The molecule has 1 heterocycles. The Morgan fingerprint density at radius 3 is 3.22 bits per heavy atom. The molecule has 0 amide bonds. The van der Waals surface area contributed by atoms with E-state index >= 15 is 0 Å². The smallest absolute Gasteiger partial charge is 0.0655 e. The van der Waals surface area contributed by atoms with E-state index in [2.05, 4.69) is 16.4 Å².